The van der Waals surface area contributed by atoms with Crippen LogP contribution in [0.15, 0.2) is 42.5 Å². The van der Waals surface area contributed by atoms with Gasteiger partial charge in [0.2, 0.25) is 5.69 Å². The quantitative estimate of drug-likeness (QED) is 0.267. The van der Waals surface area contributed by atoms with Gasteiger partial charge in [-0.05, 0) is 53.6 Å². The van der Waals surface area contributed by atoms with E-state index in [0.717, 1.165) is 24.2 Å². The van der Waals surface area contributed by atoms with Gasteiger partial charge in [0.25, 0.3) is 17.7 Å². The van der Waals surface area contributed by atoms with Crippen molar-refractivity contribution in [2.75, 3.05) is 12.4 Å². The number of nitrogens with one attached hydrogen (secondary N) is 2. The van der Waals surface area contributed by atoms with Crippen LogP contribution >= 0.6 is 0 Å². The second kappa shape index (κ2) is 10.5. The SMILES string of the molecule is CCC(F)(F)c1cccc(NC(=O)c2c(C)[nH]c(-c3ccc(OC)c(C4C(C)CCCC4C)c3)[n+]2[O-])c1. The van der Waals surface area contributed by atoms with Crippen molar-refractivity contribution in [2.45, 2.75) is 65.2 Å². The Morgan fingerprint density at radius 3 is 2.54 bits per heavy atom. The molecule has 198 valence electrons. The number of anilines is 1. The van der Waals surface area contributed by atoms with Crippen molar-refractivity contribution in [3.63, 3.8) is 0 Å². The zero-order valence-corrected chi connectivity index (χ0v) is 22.0. The van der Waals surface area contributed by atoms with Gasteiger partial charge in [0.1, 0.15) is 5.75 Å². The van der Waals surface area contributed by atoms with E-state index in [2.05, 4.69) is 24.1 Å². The Morgan fingerprint density at radius 1 is 1.19 bits per heavy atom. The number of H-pyrrole nitrogens is 1. The number of alkyl halides is 2. The summed E-state index contributed by atoms with van der Waals surface area (Å²) in [5.41, 5.74) is 2.00. The van der Waals surface area contributed by atoms with Gasteiger partial charge >= 0.3 is 0 Å². The van der Waals surface area contributed by atoms with Crippen LogP contribution in [0.5, 0.6) is 5.75 Å². The van der Waals surface area contributed by atoms with Gasteiger partial charge in [-0.25, -0.2) is 18.5 Å². The lowest BCUT2D eigenvalue weighted by Gasteiger charge is -2.35. The minimum absolute atomic E-state index is 0.112. The van der Waals surface area contributed by atoms with Crippen molar-refractivity contribution in [3.8, 4) is 17.1 Å². The van der Waals surface area contributed by atoms with Crippen LogP contribution < -0.4 is 14.8 Å². The van der Waals surface area contributed by atoms with Crippen LogP contribution in [0.2, 0.25) is 0 Å². The summed E-state index contributed by atoms with van der Waals surface area (Å²) >= 11 is 0. The molecule has 3 aromatic rings. The van der Waals surface area contributed by atoms with Crippen LogP contribution in [0.25, 0.3) is 11.4 Å². The average molecular weight is 512 g/mol. The maximum absolute atomic E-state index is 14.1. The maximum atomic E-state index is 14.1. The summed E-state index contributed by atoms with van der Waals surface area (Å²) in [5, 5.41) is 15.9. The minimum atomic E-state index is -3.00. The number of nitrogens with zero attached hydrogens (tertiary/aromatic N) is 1. The molecule has 1 aromatic heterocycles. The molecule has 1 aliphatic rings. The molecule has 0 radical (unpaired) electrons. The molecule has 1 amide bonds. The highest BCUT2D eigenvalue weighted by Gasteiger charge is 2.33. The van der Waals surface area contributed by atoms with E-state index >= 15 is 0 Å². The first-order valence-electron chi connectivity index (χ1n) is 12.9. The number of hydrogen-bond donors (Lipinski definition) is 2. The van der Waals surface area contributed by atoms with E-state index in [4.69, 9.17) is 4.74 Å². The predicted octanol–water partition coefficient (Wildman–Crippen LogP) is 6.93. The lowest BCUT2D eigenvalue weighted by atomic mass is 9.70. The summed E-state index contributed by atoms with van der Waals surface area (Å²) in [6, 6.07) is 11.2. The second-order valence-corrected chi connectivity index (χ2v) is 10.2. The summed E-state index contributed by atoms with van der Waals surface area (Å²) in [7, 11) is 1.65. The van der Waals surface area contributed by atoms with Gasteiger partial charge in [0.05, 0.1) is 12.7 Å². The van der Waals surface area contributed by atoms with Crippen molar-refractivity contribution in [1.82, 2.24) is 4.98 Å². The van der Waals surface area contributed by atoms with E-state index in [1.54, 1.807) is 20.1 Å². The van der Waals surface area contributed by atoms with Gasteiger partial charge in [-0.3, -0.25) is 4.79 Å². The van der Waals surface area contributed by atoms with E-state index in [0.29, 0.717) is 33.7 Å². The highest BCUT2D eigenvalue weighted by atomic mass is 19.3. The molecule has 1 saturated carbocycles. The second-order valence-electron chi connectivity index (χ2n) is 10.2. The molecule has 6 nitrogen and oxygen atoms in total. The lowest BCUT2D eigenvalue weighted by molar-refractivity contribution is -0.594. The van der Waals surface area contributed by atoms with Gasteiger partial charge in [-0.1, -0.05) is 52.2 Å². The molecule has 0 aliphatic heterocycles. The zero-order chi connectivity index (χ0) is 26.9. The average Bonchev–Trinajstić information content (AvgIpc) is 3.17. The minimum Gasteiger partial charge on any atom is -0.710 e. The highest BCUT2D eigenvalue weighted by Crippen LogP contribution is 2.45. The van der Waals surface area contributed by atoms with E-state index in [-0.39, 0.29) is 29.2 Å². The topological polar surface area (TPSA) is 81.1 Å². The van der Waals surface area contributed by atoms with E-state index in [9.17, 15) is 18.8 Å². The van der Waals surface area contributed by atoms with E-state index in [1.165, 1.54) is 37.6 Å². The molecule has 1 fully saturated rings. The number of aryl methyl sites for hydroxylation is 1. The Labute approximate surface area is 216 Å². The van der Waals surface area contributed by atoms with Gasteiger partial charge < -0.3 is 15.3 Å². The molecule has 2 N–H and O–H groups in total. The van der Waals surface area contributed by atoms with Gasteiger partial charge in [-0.15, -0.1) is 0 Å². The standard InChI is InChI=1S/C29H35F2N3O3/c1-6-29(30,31)21-11-8-12-22(16-21)33-28(35)26-19(4)32-27(34(26)36)20-13-14-24(37-5)23(15-20)25-17(2)9-7-10-18(25)3/h8,11-18,25,32H,6-7,9-10H2,1-5H3,(H,33,35). The number of hydrogen-bond acceptors (Lipinski definition) is 3. The third-order valence-corrected chi connectivity index (χ3v) is 7.68. The van der Waals surface area contributed by atoms with Crippen molar-refractivity contribution in [2.24, 2.45) is 11.8 Å². The Hall–Kier alpha value is -3.42. The summed E-state index contributed by atoms with van der Waals surface area (Å²) in [5.74, 6) is -1.38. The third-order valence-electron chi connectivity index (χ3n) is 7.68. The zero-order valence-electron chi connectivity index (χ0n) is 22.0. The van der Waals surface area contributed by atoms with Crippen molar-refractivity contribution in [1.29, 1.82) is 0 Å². The van der Waals surface area contributed by atoms with Gasteiger partial charge in [0, 0.05) is 24.6 Å². The molecule has 0 saturated heterocycles. The molecule has 2 unspecified atom stereocenters. The molecular formula is C29H35F2N3O3. The van der Waals surface area contributed by atoms with Crippen LogP contribution in [-0.2, 0) is 5.92 Å². The van der Waals surface area contributed by atoms with Crippen molar-refractivity contribution in [3.05, 3.63) is 70.2 Å². The highest BCUT2D eigenvalue weighted by molar-refractivity contribution is 6.02. The van der Waals surface area contributed by atoms with E-state index < -0.39 is 11.8 Å². The molecule has 37 heavy (non-hydrogen) atoms. The number of aromatic nitrogens is 2. The first kappa shape index (κ1) is 26.6. The molecule has 4 rings (SSSR count). The fraction of sp³-hybridized carbons (Fsp3) is 0.448. The first-order valence-corrected chi connectivity index (χ1v) is 12.9. The number of benzene rings is 2. The third kappa shape index (κ3) is 5.20. The number of methoxy groups -OCH3 is 1. The lowest BCUT2D eigenvalue weighted by Crippen LogP contribution is -2.36. The Kier molecular flexibility index (Phi) is 7.57. The van der Waals surface area contributed by atoms with E-state index in [1.807, 2.05) is 12.1 Å². The number of halogens is 2. The molecule has 2 aromatic carbocycles. The molecule has 1 heterocycles. The van der Waals surface area contributed by atoms with Crippen LogP contribution in [0.4, 0.5) is 14.5 Å². The molecule has 8 heteroatoms. The maximum Gasteiger partial charge on any atom is 0.300 e. The Balaban J connectivity index is 1.67. The number of carbonyl (C=O) groups is 1. The number of rotatable bonds is 7. The van der Waals surface area contributed by atoms with Crippen LogP contribution in [0.1, 0.15) is 79.7 Å². The molecule has 2 atom stereocenters. The first-order chi connectivity index (χ1) is 17.6. The van der Waals surface area contributed by atoms with Crippen LogP contribution in [0, 0.1) is 24.0 Å². The largest absolute Gasteiger partial charge is 0.710 e. The number of imidazole rings is 1. The molecule has 1 aliphatic carbocycles. The van der Waals surface area contributed by atoms with Crippen molar-refractivity contribution >= 4 is 11.6 Å². The van der Waals surface area contributed by atoms with Crippen LogP contribution in [-0.4, -0.2) is 18.0 Å². The van der Waals surface area contributed by atoms with Crippen molar-refractivity contribution < 1.29 is 23.0 Å². The van der Waals surface area contributed by atoms with Crippen LogP contribution in [0.3, 0.4) is 0 Å². The Bertz CT molecular complexity index is 1280. The predicted molar refractivity (Wildman–Crippen MR) is 140 cm³/mol. The van der Waals surface area contributed by atoms with Gasteiger partial charge in [-0.2, -0.15) is 0 Å². The molecule has 0 bridgehead atoms. The number of amides is 1. The summed E-state index contributed by atoms with van der Waals surface area (Å²) in [6.07, 6.45) is 3.13. The number of aromatic amines is 1. The molecule has 0 spiro atoms. The normalized spacial score (nSPS) is 20.0. The molecular weight excluding hydrogens is 476 g/mol. The smallest absolute Gasteiger partial charge is 0.300 e. The summed E-state index contributed by atoms with van der Waals surface area (Å²) in [6.45, 7) is 7.56. The Morgan fingerprint density at radius 2 is 1.89 bits per heavy atom. The number of carbonyl (C=O) groups excluding carboxylic acids is 1. The number of ether oxygens (including phenoxy) is 1. The summed E-state index contributed by atoms with van der Waals surface area (Å²) in [4.78, 5) is 16.1. The fourth-order valence-corrected chi connectivity index (χ4v) is 5.66. The summed E-state index contributed by atoms with van der Waals surface area (Å²) < 4.78 is 34.5. The monoisotopic (exact) mass is 511 g/mol. The van der Waals surface area contributed by atoms with Gasteiger partial charge in [0.15, 0.2) is 5.69 Å². The fourth-order valence-electron chi connectivity index (χ4n) is 5.66.